The molecule has 7 nitrogen and oxygen atoms in total. The van der Waals surface area contributed by atoms with Crippen molar-refractivity contribution in [3.8, 4) is 11.5 Å². The average Bonchev–Trinajstić information content (AvgIpc) is 2.79. The Hall–Kier alpha value is -4.13. The van der Waals surface area contributed by atoms with E-state index in [4.69, 9.17) is 9.47 Å². The second-order valence-electron chi connectivity index (χ2n) is 7.07. The first-order chi connectivity index (χ1) is 15.5. The number of methoxy groups -OCH3 is 1. The maximum atomic E-state index is 11.9. The molecule has 0 atom stereocenters. The van der Waals surface area contributed by atoms with Gasteiger partial charge in [0.25, 0.3) is 0 Å². The number of hydrogen-bond donors (Lipinski definition) is 2. The highest BCUT2D eigenvalue weighted by Crippen LogP contribution is 2.28. The fourth-order valence-corrected chi connectivity index (χ4v) is 2.82. The van der Waals surface area contributed by atoms with Crippen LogP contribution >= 0.6 is 0 Å². The molecule has 0 bridgehead atoms. The molecule has 0 unspecified atom stereocenters. The molecule has 0 aliphatic heterocycles. The van der Waals surface area contributed by atoms with E-state index in [1.54, 1.807) is 49.6 Å². The number of anilines is 1. The molecule has 2 amide bonds. The Morgan fingerprint density at radius 2 is 1.69 bits per heavy atom. The van der Waals surface area contributed by atoms with Gasteiger partial charge in [-0.25, -0.2) is 5.43 Å². The largest absolute Gasteiger partial charge is 0.493 e. The van der Waals surface area contributed by atoms with E-state index in [9.17, 15) is 9.59 Å². The van der Waals surface area contributed by atoms with Gasteiger partial charge in [0.1, 0.15) is 13.0 Å². The van der Waals surface area contributed by atoms with Gasteiger partial charge in [0, 0.05) is 5.69 Å². The SMILES string of the molecule is COc1cc(C=NNC(=O)CC(=O)Nc2ccccc2)ccc1OCc1ccc(C)cc1. The third-order valence-corrected chi connectivity index (χ3v) is 4.48. The van der Waals surface area contributed by atoms with Crippen LogP contribution in [0.4, 0.5) is 5.69 Å². The number of para-hydroxylation sites is 1. The number of ether oxygens (including phenoxy) is 2. The fourth-order valence-electron chi connectivity index (χ4n) is 2.82. The number of carbonyl (C=O) groups excluding carboxylic acids is 2. The lowest BCUT2D eigenvalue weighted by atomic mass is 10.2. The minimum atomic E-state index is -0.514. The van der Waals surface area contributed by atoms with Gasteiger partial charge in [-0.15, -0.1) is 0 Å². The predicted octanol–water partition coefficient (Wildman–Crippen LogP) is 4.06. The number of benzene rings is 3. The molecule has 3 rings (SSSR count). The lowest BCUT2D eigenvalue weighted by Crippen LogP contribution is -2.24. The van der Waals surface area contributed by atoms with Crippen LogP contribution in [-0.2, 0) is 16.2 Å². The monoisotopic (exact) mass is 431 g/mol. The lowest BCUT2D eigenvalue weighted by Gasteiger charge is -2.11. The number of carbonyl (C=O) groups is 2. The number of rotatable bonds is 9. The van der Waals surface area contributed by atoms with E-state index in [0.29, 0.717) is 29.4 Å². The molecule has 0 saturated heterocycles. The van der Waals surface area contributed by atoms with E-state index in [1.165, 1.54) is 11.8 Å². The van der Waals surface area contributed by atoms with Gasteiger partial charge >= 0.3 is 0 Å². The van der Waals surface area contributed by atoms with E-state index < -0.39 is 11.8 Å². The van der Waals surface area contributed by atoms with Crippen LogP contribution in [-0.4, -0.2) is 25.1 Å². The molecule has 164 valence electrons. The zero-order chi connectivity index (χ0) is 22.8. The second-order valence-corrected chi connectivity index (χ2v) is 7.07. The maximum absolute atomic E-state index is 11.9. The van der Waals surface area contributed by atoms with Gasteiger partial charge in [-0.2, -0.15) is 5.10 Å². The van der Waals surface area contributed by atoms with Crippen LogP contribution in [0, 0.1) is 6.92 Å². The van der Waals surface area contributed by atoms with Crippen molar-refractivity contribution >= 4 is 23.7 Å². The standard InChI is InChI=1S/C25H25N3O4/c1-18-8-10-19(11-9-18)17-32-22-13-12-20(14-23(22)31-2)16-26-28-25(30)15-24(29)27-21-6-4-3-5-7-21/h3-14,16H,15,17H2,1-2H3,(H,27,29)(H,28,30). The summed E-state index contributed by atoms with van der Waals surface area (Å²) in [4.78, 5) is 23.8. The summed E-state index contributed by atoms with van der Waals surface area (Å²) < 4.78 is 11.3. The Bertz CT molecular complexity index is 1080. The normalized spacial score (nSPS) is 10.6. The highest BCUT2D eigenvalue weighted by Gasteiger charge is 2.09. The molecule has 0 spiro atoms. The summed E-state index contributed by atoms with van der Waals surface area (Å²) in [5, 5.41) is 6.55. The molecule has 3 aromatic rings. The molecule has 0 aromatic heterocycles. The molecule has 0 heterocycles. The summed E-state index contributed by atoms with van der Waals surface area (Å²) in [5.41, 5.74) is 5.94. The van der Waals surface area contributed by atoms with Crippen LogP contribution in [0.25, 0.3) is 0 Å². The number of hydrazone groups is 1. The summed E-state index contributed by atoms with van der Waals surface area (Å²) in [7, 11) is 1.56. The van der Waals surface area contributed by atoms with Gasteiger partial charge in [0.15, 0.2) is 11.5 Å². The number of hydrogen-bond acceptors (Lipinski definition) is 5. The smallest absolute Gasteiger partial charge is 0.249 e. The molecular weight excluding hydrogens is 406 g/mol. The lowest BCUT2D eigenvalue weighted by molar-refractivity contribution is -0.126. The zero-order valence-electron chi connectivity index (χ0n) is 18.0. The number of nitrogens with zero attached hydrogens (tertiary/aromatic N) is 1. The van der Waals surface area contributed by atoms with Gasteiger partial charge in [-0.1, -0.05) is 48.0 Å². The van der Waals surface area contributed by atoms with E-state index in [0.717, 1.165) is 5.56 Å². The highest BCUT2D eigenvalue weighted by atomic mass is 16.5. The van der Waals surface area contributed by atoms with Crippen LogP contribution < -0.4 is 20.2 Å². The molecule has 0 saturated carbocycles. The van der Waals surface area contributed by atoms with E-state index in [-0.39, 0.29) is 6.42 Å². The molecule has 0 fully saturated rings. The van der Waals surface area contributed by atoms with Crippen molar-refractivity contribution in [2.24, 2.45) is 5.10 Å². The molecule has 32 heavy (non-hydrogen) atoms. The van der Waals surface area contributed by atoms with Gasteiger partial charge in [-0.05, 0) is 48.4 Å². The van der Waals surface area contributed by atoms with Crippen molar-refractivity contribution in [2.45, 2.75) is 20.0 Å². The van der Waals surface area contributed by atoms with Gasteiger partial charge < -0.3 is 14.8 Å². The first-order valence-corrected chi connectivity index (χ1v) is 10.1. The van der Waals surface area contributed by atoms with E-state index >= 15 is 0 Å². The first-order valence-electron chi connectivity index (χ1n) is 10.1. The summed E-state index contributed by atoms with van der Waals surface area (Å²) in [6.07, 6.45) is 1.14. The third-order valence-electron chi connectivity index (χ3n) is 4.48. The molecule has 0 radical (unpaired) electrons. The predicted molar refractivity (Wildman–Crippen MR) is 124 cm³/mol. The van der Waals surface area contributed by atoms with Crippen LogP contribution in [0.5, 0.6) is 11.5 Å². The van der Waals surface area contributed by atoms with Crippen molar-refractivity contribution in [3.05, 3.63) is 89.5 Å². The van der Waals surface area contributed by atoms with Crippen LogP contribution in [0.2, 0.25) is 0 Å². The fraction of sp³-hybridized carbons (Fsp3) is 0.160. The summed E-state index contributed by atoms with van der Waals surface area (Å²) in [6.45, 7) is 2.46. The topological polar surface area (TPSA) is 89.0 Å². The van der Waals surface area contributed by atoms with Crippen molar-refractivity contribution < 1.29 is 19.1 Å². The van der Waals surface area contributed by atoms with Crippen molar-refractivity contribution in [2.75, 3.05) is 12.4 Å². The quantitative estimate of drug-likeness (QED) is 0.304. The number of nitrogens with one attached hydrogen (secondary N) is 2. The van der Waals surface area contributed by atoms with E-state index in [1.807, 2.05) is 37.3 Å². The molecule has 0 aliphatic carbocycles. The van der Waals surface area contributed by atoms with Crippen molar-refractivity contribution in [1.29, 1.82) is 0 Å². The molecule has 0 aliphatic rings. The Morgan fingerprint density at radius 3 is 2.41 bits per heavy atom. The average molecular weight is 431 g/mol. The Labute approximate surface area is 187 Å². The summed E-state index contributed by atoms with van der Waals surface area (Å²) in [6, 6.07) is 22.4. The van der Waals surface area contributed by atoms with Crippen LogP contribution in [0.1, 0.15) is 23.1 Å². The molecule has 2 N–H and O–H groups in total. The van der Waals surface area contributed by atoms with Crippen LogP contribution in [0.3, 0.4) is 0 Å². The summed E-state index contributed by atoms with van der Waals surface area (Å²) >= 11 is 0. The minimum absolute atomic E-state index is 0.332. The summed E-state index contributed by atoms with van der Waals surface area (Å²) in [5.74, 6) is 0.224. The Morgan fingerprint density at radius 1 is 0.938 bits per heavy atom. The Kier molecular flexibility index (Phi) is 7.97. The Balaban J connectivity index is 1.51. The zero-order valence-corrected chi connectivity index (χ0v) is 18.0. The molecule has 7 heteroatoms. The maximum Gasteiger partial charge on any atom is 0.249 e. The van der Waals surface area contributed by atoms with Gasteiger partial charge in [0.2, 0.25) is 11.8 Å². The number of amides is 2. The molecular formula is C25H25N3O4. The van der Waals surface area contributed by atoms with Crippen LogP contribution in [0.15, 0.2) is 77.9 Å². The van der Waals surface area contributed by atoms with Gasteiger partial charge in [-0.3, -0.25) is 9.59 Å². The number of aryl methyl sites for hydroxylation is 1. The first kappa shape index (κ1) is 22.6. The van der Waals surface area contributed by atoms with Crippen molar-refractivity contribution in [3.63, 3.8) is 0 Å². The highest BCUT2D eigenvalue weighted by molar-refractivity contribution is 6.03. The minimum Gasteiger partial charge on any atom is -0.493 e. The van der Waals surface area contributed by atoms with Gasteiger partial charge in [0.05, 0.1) is 13.3 Å². The van der Waals surface area contributed by atoms with Crippen molar-refractivity contribution in [1.82, 2.24) is 5.43 Å². The third kappa shape index (κ3) is 6.98. The van der Waals surface area contributed by atoms with E-state index in [2.05, 4.69) is 15.8 Å². The molecule has 3 aromatic carbocycles. The second kappa shape index (κ2) is 11.3.